The molecule has 1 aromatic carbocycles. The summed E-state index contributed by atoms with van der Waals surface area (Å²) in [5, 5.41) is 6.84. The van der Waals surface area contributed by atoms with Crippen LogP contribution in [-0.2, 0) is 22.7 Å². The van der Waals surface area contributed by atoms with E-state index in [1.807, 2.05) is 47.4 Å². The van der Waals surface area contributed by atoms with Gasteiger partial charge in [-0.3, -0.25) is 19.5 Å². The monoisotopic (exact) mass is 420 g/mol. The number of hydrogen-bond donors (Lipinski definition) is 1. The van der Waals surface area contributed by atoms with Crippen LogP contribution in [0.15, 0.2) is 59.4 Å². The van der Waals surface area contributed by atoms with E-state index < -0.39 is 6.04 Å². The van der Waals surface area contributed by atoms with Crippen molar-refractivity contribution in [3.63, 3.8) is 0 Å². The molecule has 0 spiro atoms. The largest absolute Gasteiger partial charge is 0.353 e. The molecule has 0 radical (unpaired) electrons. The summed E-state index contributed by atoms with van der Waals surface area (Å²) in [4.78, 5) is 37.4. The second-order valence-electron chi connectivity index (χ2n) is 7.47. The van der Waals surface area contributed by atoms with Crippen LogP contribution < -0.4 is 5.32 Å². The van der Waals surface area contributed by atoms with Gasteiger partial charge >= 0.3 is 0 Å². The molecular weight excluding hydrogens is 396 g/mol. The number of rotatable bonds is 7. The lowest BCUT2D eigenvalue weighted by atomic mass is 10.1. The summed E-state index contributed by atoms with van der Waals surface area (Å²) >= 11 is 0. The number of hydrogen-bond acceptors (Lipinski definition) is 7. The molecule has 1 atom stereocenters. The lowest BCUT2D eigenvalue weighted by Crippen LogP contribution is -2.56. The highest BCUT2D eigenvalue weighted by Gasteiger charge is 2.32. The van der Waals surface area contributed by atoms with E-state index in [2.05, 4.69) is 20.4 Å². The number of nitrogens with one attached hydrogen (secondary N) is 1. The van der Waals surface area contributed by atoms with Crippen LogP contribution in [0, 0.1) is 0 Å². The van der Waals surface area contributed by atoms with Crippen molar-refractivity contribution in [1.29, 1.82) is 0 Å². The topological polar surface area (TPSA) is 104 Å². The van der Waals surface area contributed by atoms with Crippen LogP contribution in [-0.4, -0.2) is 62.9 Å². The Kier molecular flexibility index (Phi) is 6.32. The van der Waals surface area contributed by atoms with Crippen molar-refractivity contribution < 1.29 is 14.1 Å². The van der Waals surface area contributed by atoms with Crippen molar-refractivity contribution >= 4 is 11.8 Å². The quantitative estimate of drug-likeness (QED) is 0.617. The van der Waals surface area contributed by atoms with Crippen molar-refractivity contribution in [3.05, 3.63) is 66.3 Å². The average Bonchev–Trinajstić information content (AvgIpc) is 3.26. The van der Waals surface area contributed by atoms with E-state index in [9.17, 15) is 9.59 Å². The number of pyridine rings is 1. The number of benzene rings is 1. The lowest BCUT2D eigenvalue weighted by Gasteiger charge is -2.35. The van der Waals surface area contributed by atoms with Gasteiger partial charge < -0.3 is 14.7 Å². The summed E-state index contributed by atoms with van der Waals surface area (Å²) in [7, 11) is 1.67. The second kappa shape index (κ2) is 9.48. The number of nitrogens with zero attached hydrogens (tertiary/aromatic N) is 5. The van der Waals surface area contributed by atoms with Gasteiger partial charge in [-0.05, 0) is 11.6 Å². The predicted octanol–water partition coefficient (Wildman–Crippen LogP) is 1.48. The maximum absolute atomic E-state index is 12.9. The Morgan fingerprint density at radius 2 is 2.10 bits per heavy atom. The second-order valence-corrected chi connectivity index (χ2v) is 7.47. The zero-order valence-corrected chi connectivity index (χ0v) is 17.3. The summed E-state index contributed by atoms with van der Waals surface area (Å²) < 4.78 is 5.30. The van der Waals surface area contributed by atoms with Crippen molar-refractivity contribution in [2.75, 3.05) is 20.1 Å². The maximum Gasteiger partial charge on any atom is 0.246 e. The van der Waals surface area contributed by atoms with Gasteiger partial charge in [0.1, 0.15) is 0 Å². The first-order valence-electron chi connectivity index (χ1n) is 10.1. The molecule has 0 aliphatic carbocycles. The van der Waals surface area contributed by atoms with E-state index in [0.29, 0.717) is 31.3 Å². The van der Waals surface area contributed by atoms with Crippen LogP contribution in [0.3, 0.4) is 0 Å². The minimum Gasteiger partial charge on any atom is -0.353 e. The minimum atomic E-state index is -0.536. The normalized spacial score (nSPS) is 16.7. The highest BCUT2D eigenvalue weighted by molar-refractivity contribution is 5.88. The Labute approximate surface area is 180 Å². The van der Waals surface area contributed by atoms with Crippen molar-refractivity contribution in [2.45, 2.75) is 25.6 Å². The van der Waals surface area contributed by atoms with Gasteiger partial charge in [0.25, 0.3) is 0 Å². The molecule has 160 valence electrons. The number of carbonyl (C=O) groups excluding carboxylic acids is 2. The molecule has 0 saturated carbocycles. The third kappa shape index (κ3) is 5.13. The highest BCUT2D eigenvalue weighted by Crippen LogP contribution is 2.17. The minimum absolute atomic E-state index is 0.0717. The molecule has 3 aromatic rings. The van der Waals surface area contributed by atoms with Gasteiger partial charge in [0.15, 0.2) is 0 Å². The predicted molar refractivity (Wildman–Crippen MR) is 112 cm³/mol. The van der Waals surface area contributed by atoms with Gasteiger partial charge in [-0.15, -0.1) is 0 Å². The SMILES string of the molecule is CN(Cc1nc(-c2ccccc2)no1)C(=O)C[C@H]1C(=O)NCCN1Cc1cccnc1. The zero-order valence-electron chi connectivity index (χ0n) is 17.3. The van der Waals surface area contributed by atoms with E-state index in [4.69, 9.17) is 4.52 Å². The zero-order chi connectivity index (χ0) is 21.6. The molecule has 3 heterocycles. The van der Waals surface area contributed by atoms with E-state index in [1.54, 1.807) is 19.4 Å². The average molecular weight is 420 g/mol. The van der Waals surface area contributed by atoms with Gasteiger partial charge in [-0.1, -0.05) is 41.6 Å². The van der Waals surface area contributed by atoms with Gasteiger partial charge in [0.2, 0.25) is 23.5 Å². The van der Waals surface area contributed by atoms with Crippen molar-refractivity contribution in [2.24, 2.45) is 0 Å². The van der Waals surface area contributed by atoms with Crippen LogP contribution in [0.25, 0.3) is 11.4 Å². The molecule has 2 amide bonds. The Bertz CT molecular complexity index is 1020. The number of amides is 2. The summed E-state index contributed by atoms with van der Waals surface area (Å²) in [5.41, 5.74) is 1.85. The Hall–Kier alpha value is -3.59. The van der Waals surface area contributed by atoms with Gasteiger partial charge in [-0.2, -0.15) is 4.98 Å². The highest BCUT2D eigenvalue weighted by atomic mass is 16.5. The first-order valence-corrected chi connectivity index (χ1v) is 10.1. The van der Waals surface area contributed by atoms with Crippen LogP contribution in [0.1, 0.15) is 17.9 Å². The fourth-order valence-electron chi connectivity index (χ4n) is 3.54. The summed E-state index contributed by atoms with van der Waals surface area (Å²) in [6.07, 6.45) is 3.56. The van der Waals surface area contributed by atoms with Crippen LogP contribution in [0.4, 0.5) is 0 Å². The van der Waals surface area contributed by atoms with Crippen LogP contribution in [0.2, 0.25) is 0 Å². The molecule has 1 fully saturated rings. The molecule has 4 rings (SSSR count). The molecule has 1 aliphatic rings. The first kappa shape index (κ1) is 20.7. The smallest absolute Gasteiger partial charge is 0.246 e. The third-order valence-electron chi connectivity index (χ3n) is 5.22. The first-order chi connectivity index (χ1) is 15.1. The standard InChI is InChI=1S/C22H24N6O3/c1-27(15-19-25-21(26-31-19)17-7-3-2-4-8-17)20(29)12-18-22(30)24-10-11-28(18)14-16-6-5-9-23-13-16/h2-9,13,18H,10-12,14-15H2,1H3,(H,24,30)/t18-/m0/s1. The van der Waals surface area contributed by atoms with E-state index >= 15 is 0 Å². The number of aromatic nitrogens is 3. The molecule has 1 N–H and O–H groups in total. The molecule has 9 nitrogen and oxygen atoms in total. The van der Waals surface area contributed by atoms with Crippen LogP contribution in [0.5, 0.6) is 0 Å². The molecule has 1 aliphatic heterocycles. The lowest BCUT2D eigenvalue weighted by molar-refractivity contribution is -0.138. The van der Waals surface area contributed by atoms with Gasteiger partial charge in [-0.25, -0.2) is 0 Å². The molecule has 31 heavy (non-hydrogen) atoms. The summed E-state index contributed by atoms with van der Waals surface area (Å²) in [6, 6.07) is 12.8. The Balaban J connectivity index is 1.39. The van der Waals surface area contributed by atoms with Crippen LogP contribution >= 0.6 is 0 Å². The fraction of sp³-hybridized carbons (Fsp3) is 0.318. The third-order valence-corrected chi connectivity index (χ3v) is 5.22. The molecule has 9 heteroatoms. The summed E-state index contributed by atoms with van der Waals surface area (Å²) in [6.45, 7) is 1.97. The van der Waals surface area contributed by atoms with Crippen molar-refractivity contribution in [3.8, 4) is 11.4 Å². The van der Waals surface area contributed by atoms with Gasteiger partial charge in [0.05, 0.1) is 19.0 Å². The number of piperazine rings is 1. The summed E-state index contributed by atoms with van der Waals surface area (Å²) in [5.74, 6) is 0.513. The van der Waals surface area contributed by atoms with Gasteiger partial charge in [0, 0.05) is 44.6 Å². The maximum atomic E-state index is 12.9. The van der Waals surface area contributed by atoms with E-state index in [0.717, 1.165) is 11.1 Å². The number of carbonyl (C=O) groups is 2. The molecule has 2 aromatic heterocycles. The van der Waals surface area contributed by atoms with Crippen molar-refractivity contribution in [1.82, 2.24) is 30.2 Å². The Morgan fingerprint density at radius 3 is 2.87 bits per heavy atom. The fourth-order valence-corrected chi connectivity index (χ4v) is 3.54. The molecular formula is C22H24N6O3. The molecule has 1 saturated heterocycles. The molecule has 0 bridgehead atoms. The van der Waals surface area contributed by atoms with E-state index in [-0.39, 0.29) is 24.8 Å². The van der Waals surface area contributed by atoms with E-state index in [1.165, 1.54) is 4.90 Å². The molecule has 0 unspecified atom stereocenters. The Morgan fingerprint density at radius 1 is 1.26 bits per heavy atom.